The number of nitrogen functional groups attached to an aromatic ring is 1. The van der Waals surface area contributed by atoms with Crippen molar-refractivity contribution in [2.24, 2.45) is 0 Å². The van der Waals surface area contributed by atoms with Gasteiger partial charge in [-0.05, 0) is 54.8 Å². The van der Waals surface area contributed by atoms with Crippen molar-refractivity contribution >= 4 is 28.9 Å². The van der Waals surface area contributed by atoms with Crippen LogP contribution in [-0.2, 0) is 6.42 Å². The van der Waals surface area contributed by atoms with Gasteiger partial charge in [0, 0.05) is 22.0 Å². The zero-order chi connectivity index (χ0) is 14.7. The van der Waals surface area contributed by atoms with Crippen molar-refractivity contribution in [3.63, 3.8) is 0 Å². The minimum atomic E-state index is -0.171. The van der Waals surface area contributed by atoms with Crippen LogP contribution >= 0.6 is 11.6 Å². The number of aryl methyl sites for hydroxylation is 2. The van der Waals surface area contributed by atoms with Crippen LogP contribution in [0.25, 0.3) is 0 Å². The largest absolute Gasteiger partial charge is 0.399 e. The first kappa shape index (κ1) is 14.4. The van der Waals surface area contributed by atoms with Crippen LogP contribution in [0.4, 0.5) is 11.4 Å². The normalized spacial score (nSPS) is 10.3. The summed E-state index contributed by atoms with van der Waals surface area (Å²) in [5.41, 5.74) is 9.89. The van der Waals surface area contributed by atoms with Gasteiger partial charge in [0.25, 0.3) is 5.91 Å². The molecule has 0 heterocycles. The van der Waals surface area contributed by atoms with Crippen LogP contribution in [0, 0.1) is 6.92 Å². The third kappa shape index (κ3) is 3.11. The maximum absolute atomic E-state index is 12.3. The molecule has 0 spiro atoms. The minimum Gasteiger partial charge on any atom is -0.399 e. The van der Waals surface area contributed by atoms with Crippen LogP contribution in [0.2, 0.25) is 5.02 Å². The molecule has 2 aromatic carbocycles. The predicted molar refractivity (Wildman–Crippen MR) is 84.4 cm³/mol. The molecular weight excluding hydrogens is 272 g/mol. The lowest BCUT2D eigenvalue weighted by Gasteiger charge is -2.14. The Morgan fingerprint density at radius 1 is 1.30 bits per heavy atom. The Morgan fingerprint density at radius 2 is 2.05 bits per heavy atom. The van der Waals surface area contributed by atoms with E-state index in [1.54, 1.807) is 24.3 Å². The number of rotatable bonds is 3. The highest BCUT2D eigenvalue weighted by Crippen LogP contribution is 2.25. The number of nitrogens with one attached hydrogen (secondary N) is 1. The van der Waals surface area contributed by atoms with Gasteiger partial charge in [-0.25, -0.2) is 0 Å². The number of carbonyl (C=O) groups is 1. The van der Waals surface area contributed by atoms with Gasteiger partial charge in [0.1, 0.15) is 0 Å². The average molecular weight is 289 g/mol. The van der Waals surface area contributed by atoms with E-state index >= 15 is 0 Å². The lowest BCUT2D eigenvalue weighted by molar-refractivity contribution is 0.102. The van der Waals surface area contributed by atoms with Crippen LogP contribution in [0.5, 0.6) is 0 Å². The van der Waals surface area contributed by atoms with E-state index in [0.717, 1.165) is 23.2 Å². The highest BCUT2D eigenvalue weighted by molar-refractivity contribution is 6.31. The summed E-state index contributed by atoms with van der Waals surface area (Å²) in [4.78, 5) is 12.3. The van der Waals surface area contributed by atoms with Crippen molar-refractivity contribution in [1.82, 2.24) is 0 Å². The number of carbonyl (C=O) groups excluding carboxylic acids is 1. The molecule has 0 aliphatic rings. The summed E-state index contributed by atoms with van der Waals surface area (Å²) in [5, 5.41) is 3.49. The molecule has 20 heavy (non-hydrogen) atoms. The van der Waals surface area contributed by atoms with Gasteiger partial charge in [-0.15, -0.1) is 0 Å². The molecule has 2 rings (SSSR count). The Balaban J connectivity index is 2.32. The molecule has 0 saturated heterocycles. The summed E-state index contributed by atoms with van der Waals surface area (Å²) in [5.74, 6) is -0.171. The fraction of sp³-hybridized carbons (Fsp3) is 0.188. The quantitative estimate of drug-likeness (QED) is 0.837. The third-order valence-corrected chi connectivity index (χ3v) is 3.38. The first-order valence-corrected chi connectivity index (χ1v) is 6.85. The molecule has 0 atom stereocenters. The summed E-state index contributed by atoms with van der Waals surface area (Å²) < 4.78 is 0. The lowest BCUT2D eigenvalue weighted by atomic mass is 10.0. The van der Waals surface area contributed by atoms with Crippen molar-refractivity contribution in [2.45, 2.75) is 20.3 Å². The summed E-state index contributed by atoms with van der Waals surface area (Å²) in [6.45, 7) is 3.96. The van der Waals surface area contributed by atoms with Crippen molar-refractivity contribution in [3.05, 3.63) is 58.1 Å². The van der Waals surface area contributed by atoms with Crippen molar-refractivity contribution < 1.29 is 4.79 Å². The second-order valence-electron chi connectivity index (χ2n) is 4.69. The minimum absolute atomic E-state index is 0.171. The summed E-state index contributed by atoms with van der Waals surface area (Å²) in [7, 11) is 0. The standard InChI is InChI=1S/C16H17ClN2O/c1-3-11-9-14(18)7-10(2)15(11)19-16(20)12-5-4-6-13(17)8-12/h4-9H,3,18H2,1-2H3,(H,19,20). The van der Waals surface area contributed by atoms with Gasteiger partial charge in [-0.3, -0.25) is 4.79 Å². The summed E-state index contributed by atoms with van der Waals surface area (Å²) in [6.07, 6.45) is 0.803. The first-order valence-electron chi connectivity index (χ1n) is 6.47. The van der Waals surface area contributed by atoms with E-state index in [4.69, 9.17) is 17.3 Å². The highest BCUT2D eigenvalue weighted by atomic mass is 35.5. The lowest BCUT2D eigenvalue weighted by Crippen LogP contribution is -2.14. The van der Waals surface area contributed by atoms with Crippen molar-refractivity contribution in [2.75, 3.05) is 11.1 Å². The molecule has 0 aliphatic carbocycles. The van der Waals surface area contributed by atoms with Gasteiger partial charge in [0.15, 0.2) is 0 Å². The van der Waals surface area contributed by atoms with Crippen molar-refractivity contribution in [3.8, 4) is 0 Å². The average Bonchev–Trinajstić information content (AvgIpc) is 2.41. The van der Waals surface area contributed by atoms with Crippen LogP contribution in [-0.4, -0.2) is 5.91 Å². The molecule has 0 saturated carbocycles. The third-order valence-electron chi connectivity index (χ3n) is 3.15. The van der Waals surface area contributed by atoms with E-state index in [9.17, 15) is 4.79 Å². The zero-order valence-corrected chi connectivity index (χ0v) is 12.3. The van der Waals surface area contributed by atoms with Gasteiger partial charge < -0.3 is 11.1 Å². The highest BCUT2D eigenvalue weighted by Gasteiger charge is 2.11. The zero-order valence-electron chi connectivity index (χ0n) is 11.5. The smallest absolute Gasteiger partial charge is 0.255 e. The van der Waals surface area contributed by atoms with Crippen LogP contribution in [0.15, 0.2) is 36.4 Å². The predicted octanol–water partition coefficient (Wildman–Crippen LogP) is 4.05. The van der Waals surface area contributed by atoms with Crippen LogP contribution in [0.1, 0.15) is 28.4 Å². The van der Waals surface area contributed by atoms with Crippen LogP contribution < -0.4 is 11.1 Å². The number of benzene rings is 2. The Morgan fingerprint density at radius 3 is 2.70 bits per heavy atom. The Hall–Kier alpha value is -2.00. The maximum atomic E-state index is 12.3. The number of nitrogens with two attached hydrogens (primary N) is 1. The number of hydrogen-bond donors (Lipinski definition) is 2. The van der Waals surface area contributed by atoms with E-state index in [1.165, 1.54) is 0 Å². The second kappa shape index (κ2) is 5.97. The van der Waals surface area contributed by atoms with Gasteiger partial charge in [0.05, 0.1) is 0 Å². The number of anilines is 2. The molecular formula is C16H17ClN2O. The molecule has 3 nitrogen and oxygen atoms in total. The van der Waals surface area contributed by atoms with E-state index in [0.29, 0.717) is 16.3 Å². The molecule has 1 amide bonds. The Labute approximate surface area is 123 Å². The van der Waals surface area contributed by atoms with Gasteiger partial charge >= 0.3 is 0 Å². The fourth-order valence-electron chi connectivity index (χ4n) is 2.16. The molecule has 0 aliphatic heterocycles. The summed E-state index contributed by atoms with van der Waals surface area (Å²) >= 11 is 5.91. The molecule has 0 aromatic heterocycles. The summed E-state index contributed by atoms with van der Waals surface area (Å²) in [6, 6.07) is 10.6. The fourth-order valence-corrected chi connectivity index (χ4v) is 2.35. The monoisotopic (exact) mass is 288 g/mol. The molecule has 104 valence electrons. The molecule has 0 unspecified atom stereocenters. The molecule has 0 fully saturated rings. The van der Waals surface area contributed by atoms with Crippen molar-refractivity contribution in [1.29, 1.82) is 0 Å². The number of amides is 1. The van der Waals surface area contributed by atoms with Gasteiger partial charge in [0.2, 0.25) is 0 Å². The van der Waals surface area contributed by atoms with E-state index < -0.39 is 0 Å². The number of halogens is 1. The SMILES string of the molecule is CCc1cc(N)cc(C)c1NC(=O)c1cccc(Cl)c1. The maximum Gasteiger partial charge on any atom is 0.255 e. The Bertz CT molecular complexity index is 653. The van der Waals surface area contributed by atoms with Gasteiger partial charge in [-0.1, -0.05) is 24.6 Å². The molecule has 3 N–H and O–H groups in total. The topological polar surface area (TPSA) is 55.1 Å². The van der Waals surface area contributed by atoms with E-state index in [-0.39, 0.29) is 5.91 Å². The first-order chi connectivity index (χ1) is 9.51. The Kier molecular flexibility index (Phi) is 4.30. The number of hydrogen-bond acceptors (Lipinski definition) is 2. The molecule has 4 heteroatoms. The second-order valence-corrected chi connectivity index (χ2v) is 5.13. The van der Waals surface area contributed by atoms with Gasteiger partial charge in [-0.2, -0.15) is 0 Å². The van der Waals surface area contributed by atoms with E-state index in [2.05, 4.69) is 5.32 Å². The molecule has 0 radical (unpaired) electrons. The van der Waals surface area contributed by atoms with E-state index in [1.807, 2.05) is 26.0 Å². The molecule has 2 aromatic rings. The van der Waals surface area contributed by atoms with Crippen LogP contribution in [0.3, 0.4) is 0 Å². The molecule has 0 bridgehead atoms.